The standard InChI is InChI=1S/C16H14BrClFNO/c1-20-16(12-4-5-13(17)14(18)15(12)19)9-2-3-10-7-21-8-11(10)6-9/h2-6,16,20H,7-8H2,1H3. The van der Waals surface area contributed by atoms with Gasteiger partial charge in [0.25, 0.3) is 0 Å². The smallest absolute Gasteiger partial charge is 0.148 e. The van der Waals surface area contributed by atoms with Crippen molar-refractivity contribution < 1.29 is 9.13 Å². The molecule has 3 rings (SSSR count). The SMILES string of the molecule is CNC(c1ccc2c(c1)COC2)c1ccc(Br)c(Cl)c1F. The van der Waals surface area contributed by atoms with Crippen LogP contribution in [0, 0.1) is 5.82 Å². The second kappa shape index (κ2) is 6.05. The lowest BCUT2D eigenvalue weighted by Gasteiger charge is -2.19. The lowest BCUT2D eigenvalue weighted by molar-refractivity contribution is 0.134. The minimum absolute atomic E-state index is 0.109. The van der Waals surface area contributed by atoms with Gasteiger partial charge in [-0.25, -0.2) is 4.39 Å². The van der Waals surface area contributed by atoms with Crippen LogP contribution in [0.15, 0.2) is 34.8 Å². The topological polar surface area (TPSA) is 21.3 Å². The molecule has 5 heteroatoms. The summed E-state index contributed by atoms with van der Waals surface area (Å²) < 4.78 is 20.4. The molecule has 0 spiro atoms. The van der Waals surface area contributed by atoms with Crippen molar-refractivity contribution in [3.63, 3.8) is 0 Å². The van der Waals surface area contributed by atoms with E-state index in [-0.39, 0.29) is 11.1 Å². The number of ether oxygens (including phenoxy) is 1. The van der Waals surface area contributed by atoms with E-state index >= 15 is 0 Å². The van der Waals surface area contributed by atoms with Gasteiger partial charge in [-0.3, -0.25) is 0 Å². The average Bonchev–Trinajstić information content (AvgIpc) is 2.95. The van der Waals surface area contributed by atoms with Gasteiger partial charge >= 0.3 is 0 Å². The summed E-state index contributed by atoms with van der Waals surface area (Å²) >= 11 is 9.23. The second-order valence-electron chi connectivity index (χ2n) is 5.01. The van der Waals surface area contributed by atoms with Crippen molar-refractivity contribution in [1.29, 1.82) is 0 Å². The number of fused-ring (bicyclic) bond motifs is 1. The number of rotatable bonds is 3. The summed E-state index contributed by atoms with van der Waals surface area (Å²) in [6.45, 7) is 1.27. The molecule has 21 heavy (non-hydrogen) atoms. The molecule has 2 nitrogen and oxygen atoms in total. The van der Waals surface area contributed by atoms with Gasteiger partial charge in [0.1, 0.15) is 5.82 Å². The van der Waals surface area contributed by atoms with Crippen LogP contribution in [0.1, 0.15) is 28.3 Å². The molecule has 0 saturated heterocycles. The molecule has 0 amide bonds. The highest BCUT2D eigenvalue weighted by atomic mass is 79.9. The van der Waals surface area contributed by atoms with E-state index in [1.807, 2.05) is 19.2 Å². The van der Waals surface area contributed by atoms with E-state index in [4.69, 9.17) is 16.3 Å². The molecule has 0 bridgehead atoms. The van der Waals surface area contributed by atoms with E-state index < -0.39 is 5.82 Å². The second-order valence-corrected chi connectivity index (χ2v) is 6.24. The fraction of sp³-hybridized carbons (Fsp3) is 0.250. The fourth-order valence-electron chi connectivity index (χ4n) is 2.64. The third-order valence-corrected chi connectivity index (χ3v) is 5.00. The lowest BCUT2D eigenvalue weighted by atomic mass is 9.95. The minimum atomic E-state index is -0.401. The molecule has 0 fully saturated rings. The highest BCUT2D eigenvalue weighted by molar-refractivity contribution is 9.10. The van der Waals surface area contributed by atoms with Crippen molar-refractivity contribution in [1.82, 2.24) is 5.32 Å². The maximum Gasteiger partial charge on any atom is 0.148 e. The largest absolute Gasteiger partial charge is 0.372 e. The quantitative estimate of drug-likeness (QED) is 0.799. The van der Waals surface area contributed by atoms with Gasteiger partial charge in [-0.2, -0.15) is 0 Å². The molecule has 2 aromatic carbocycles. The molecular formula is C16H14BrClFNO. The van der Waals surface area contributed by atoms with E-state index in [9.17, 15) is 4.39 Å². The Labute approximate surface area is 136 Å². The third-order valence-electron chi connectivity index (χ3n) is 3.74. The van der Waals surface area contributed by atoms with E-state index in [1.165, 1.54) is 5.56 Å². The molecule has 2 aromatic rings. The van der Waals surface area contributed by atoms with Gasteiger partial charge in [0.2, 0.25) is 0 Å². The Balaban J connectivity index is 2.05. The van der Waals surface area contributed by atoms with E-state index in [1.54, 1.807) is 12.1 Å². The summed E-state index contributed by atoms with van der Waals surface area (Å²) in [6, 6.07) is 9.38. The molecule has 1 atom stereocenters. The van der Waals surface area contributed by atoms with Crippen LogP contribution in [-0.2, 0) is 18.0 Å². The Bertz CT molecular complexity index is 692. The Morgan fingerprint density at radius 2 is 2.00 bits per heavy atom. The van der Waals surface area contributed by atoms with Gasteiger partial charge in [-0.05, 0) is 45.7 Å². The fourth-order valence-corrected chi connectivity index (χ4v) is 3.12. The highest BCUT2D eigenvalue weighted by Gasteiger charge is 2.21. The van der Waals surface area contributed by atoms with Gasteiger partial charge in [-0.15, -0.1) is 0 Å². The number of hydrogen-bond acceptors (Lipinski definition) is 2. The zero-order valence-electron chi connectivity index (χ0n) is 11.4. The van der Waals surface area contributed by atoms with E-state index in [0.29, 0.717) is 23.2 Å². The van der Waals surface area contributed by atoms with Gasteiger partial charge < -0.3 is 10.1 Å². The Morgan fingerprint density at radius 1 is 1.24 bits per heavy atom. The lowest BCUT2D eigenvalue weighted by Crippen LogP contribution is -2.19. The molecule has 1 aliphatic heterocycles. The van der Waals surface area contributed by atoms with Crippen LogP contribution in [-0.4, -0.2) is 7.05 Å². The zero-order valence-corrected chi connectivity index (χ0v) is 13.8. The first kappa shape index (κ1) is 15.0. The third kappa shape index (κ3) is 2.73. The van der Waals surface area contributed by atoms with E-state index in [0.717, 1.165) is 11.1 Å². The molecule has 1 heterocycles. The van der Waals surface area contributed by atoms with Crippen LogP contribution in [0.5, 0.6) is 0 Å². The summed E-state index contributed by atoms with van der Waals surface area (Å²) in [6.07, 6.45) is 0. The van der Waals surface area contributed by atoms with E-state index in [2.05, 4.69) is 27.3 Å². The zero-order chi connectivity index (χ0) is 15.0. The Hall–Kier alpha value is -0.940. The molecule has 1 N–H and O–H groups in total. The summed E-state index contributed by atoms with van der Waals surface area (Å²) in [5.41, 5.74) is 3.89. The molecule has 0 saturated carbocycles. The first-order chi connectivity index (χ1) is 10.1. The van der Waals surface area contributed by atoms with Crippen LogP contribution < -0.4 is 5.32 Å². The number of halogens is 3. The first-order valence-corrected chi connectivity index (χ1v) is 7.79. The van der Waals surface area contributed by atoms with Crippen molar-refractivity contribution in [2.24, 2.45) is 0 Å². The maximum absolute atomic E-state index is 14.4. The van der Waals surface area contributed by atoms with Gasteiger partial charge in [0, 0.05) is 10.0 Å². The van der Waals surface area contributed by atoms with Crippen LogP contribution >= 0.6 is 27.5 Å². The molecule has 1 aliphatic rings. The van der Waals surface area contributed by atoms with Crippen molar-refractivity contribution >= 4 is 27.5 Å². The summed E-state index contributed by atoms with van der Waals surface area (Å²) in [7, 11) is 1.81. The van der Waals surface area contributed by atoms with Gasteiger partial charge in [0.05, 0.1) is 24.3 Å². The molecule has 0 aromatic heterocycles. The number of benzene rings is 2. The van der Waals surface area contributed by atoms with Crippen molar-refractivity contribution in [2.75, 3.05) is 7.05 Å². The average molecular weight is 371 g/mol. The first-order valence-electron chi connectivity index (χ1n) is 6.62. The summed E-state index contributed by atoms with van der Waals surface area (Å²) in [5, 5.41) is 3.27. The molecule has 110 valence electrons. The monoisotopic (exact) mass is 369 g/mol. The van der Waals surface area contributed by atoms with Crippen molar-refractivity contribution in [3.05, 3.63) is 67.9 Å². The predicted octanol–water partition coefficient (Wildman–Crippen LogP) is 4.58. The summed E-state index contributed by atoms with van der Waals surface area (Å²) in [4.78, 5) is 0. The van der Waals surface area contributed by atoms with Crippen molar-refractivity contribution in [2.45, 2.75) is 19.3 Å². The molecule has 0 aliphatic carbocycles. The highest BCUT2D eigenvalue weighted by Crippen LogP contribution is 2.34. The molecular weight excluding hydrogens is 357 g/mol. The predicted molar refractivity (Wildman–Crippen MR) is 84.9 cm³/mol. The Morgan fingerprint density at radius 3 is 2.76 bits per heavy atom. The van der Waals surface area contributed by atoms with Crippen LogP contribution in [0.3, 0.4) is 0 Å². The van der Waals surface area contributed by atoms with Crippen LogP contribution in [0.25, 0.3) is 0 Å². The van der Waals surface area contributed by atoms with Crippen LogP contribution in [0.2, 0.25) is 5.02 Å². The van der Waals surface area contributed by atoms with Gasteiger partial charge in [0.15, 0.2) is 0 Å². The van der Waals surface area contributed by atoms with Gasteiger partial charge in [-0.1, -0.05) is 35.9 Å². The Kier molecular flexibility index (Phi) is 4.31. The number of nitrogens with one attached hydrogen (secondary N) is 1. The molecule has 1 unspecified atom stereocenters. The maximum atomic E-state index is 14.4. The normalized spacial score (nSPS) is 15.0. The minimum Gasteiger partial charge on any atom is -0.372 e. The van der Waals surface area contributed by atoms with Crippen molar-refractivity contribution in [3.8, 4) is 0 Å². The summed E-state index contributed by atoms with van der Waals surface area (Å²) in [5.74, 6) is -0.401. The number of hydrogen-bond donors (Lipinski definition) is 1. The molecule has 0 radical (unpaired) electrons. The van der Waals surface area contributed by atoms with Crippen LogP contribution in [0.4, 0.5) is 4.39 Å².